The first kappa shape index (κ1) is 23.2. The topological polar surface area (TPSA) is 73.0 Å². The molecule has 0 spiro atoms. The molecule has 0 radical (unpaired) electrons. The van der Waals surface area contributed by atoms with Crippen LogP contribution in [0.1, 0.15) is 87.4 Å². The molecule has 34 heavy (non-hydrogen) atoms. The first-order valence-corrected chi connectivity index (χ1v) is 13.4. The van der Waals surface area contributed by atoms with Crippen LogP contribution in [0, 0.1) is 0 Å². The van der Waals surface area contributed by atoms with Crippen LogP contribution in [0.2, 0.25) is 0 Å². The first-order valence-electron chi connectivity index (χ1n) is 13.4. The number of anilines is 2. The van der Waals surface area contributed by atoms with Gasteiger partial charge < -0.3 is 15.1 Å². The number of benzene rings is 1. The van der Waals surface area contributed by atoms with Gasteiger partial charge in [0, 0.05) is 31.2 Å². The highest BCUT2D eigenvalue weighted by molar-refractivity contribution is 6.09. The van der Waals surface area contributed by atoms with Gasteiger partial charge >= 0.3 is 0 Å². The molecular weight excluding hydrogens is 428 g/mol. The summed E-state index contributed by atoms with van der Waals surface area (Å²) in [6.45, 7) is 2.44. The Kier molecular flexibility index (Phi) is 7.07. The molecule has 184 valence electrons. The molecule has 1 aromatic carbocycles. The second-order valence-corrected chi connectivity index (χ2v) is 10.4. The van der Waals surface area contributed by atoms with Crippen molar-refractivity contribution in [3.05, 3.63) is 23.8 Å². The predicted molar refractivity (Wildman–Crippen MR) is 133 cm³/mol. The van der Waals surface area contributed by atoms with E-state index in [0.29, 0.717) is 11.3 Å². The predicted octanol–water partition coefficient (Wildman–Crippen LogP) is 3.86. The molecule has 0 bridgehead atoms. The van der Waals surface area contributed by atoms with Gasteiger partial charge in [-0.15, -0.1) is 0 Å². The monoisotopic (exact) mass is 466 g/mol. The van der Waals surface area contributed by atoms with Gasteiger partial charge in [-0.2, -0.15) is 0 Å². The lowest BCUT2D eigenvalue weighted by molar-refractivity contribution is -0.125. The summed E-state index contributed by atoms with van der Waals surface area (Å²) in [6.07, 6.45) is 12.9. The van der Waals surface area contributed by atoms with Crippen molar-refractivity contribution < 1.29 is 14.4 Å². The van der Waals surface area contributed by atoms with E-state index in [2.05, 4.69) is 10.2 Å². The molecule has 3 amide bonds. The fourth-order valence-corrected chi connectivity index (χ4v) is 6.17. The van der Waals surface area contributed by atoms with Crippen molar-refractivity contribution in [2.45, 2.75) is 89.1 Å². The number of rotatable bonds is 4. The minimum absolute atomic E-state index is 0.00853. The Morgan fingerprint density at radius 2 is 1.50 bits per heavy atom. The number of piperidine rings is 2. The third kappa shape index (κ3) is 4.80. The quantitative estimate of drug-likeness (QED) is 0.684. The van der Waals surface area contributed by atoms with E-state index in [-0.39, 0.29) is 36.3 Å². The lowest BCUT2D eigenvalue weighted by atomic mass is 9.95. The number of amides is 3. The van der Waals surface area contributed by atoms with Crippen LogP contribution in [0.25, 0.3) is 0 Å². The molecule has 7 heteroatoms. The number of likely N-dealkylation sites (tertiary alicyclic amines) is 1. The highest BCUT2D eigenvalue weighted by Gasteiger charge is 2.40. The van der Waals surface area contributed by atoms with Crippen molar-refractivity contribution in [3.63, 3.8) is 0 Å². The number of carbonyl (C=O) groups is 3. The molecule has 0 unspecified atom stereocenters. The van der Waals surface area contributed by atoms with Gasteiger partial charge in [-0.05, 0) is 69.6 Å². The molecule has 1 atom stereocenters. The van der Waals surface area contributed by atoms with Gasteiger partial charge in [0.2, 0.25) is 11.8 Å². The number of nitrogens with one attached hydrogen (secondary N) is 1. The van der Waals surface area contributed by atoms with Gasteiger partial charge in [-0.25, -0.2) is 0 Å². The summed E-state index contributed by atoms with van der Waals surface area (Å²) in [5.74, 6) is -0.0763. The van der Waals surface area contributed by atoms with Crippen LogP contribution in [0.15, 0.2) is 18.2 Å². The van der Waals surface area contributed by atoms with Gasteiger partial charge in [-0.3, -0.25) is 19.3 Å². The SMILES string of the molecule is O=C(CN1C(=O)[C@H]2CCCCN2c2ccc(C(=O)N3CCCCC3)cc21)NC1CCCCCC1. The Bertz CT molecular complexity index is 918. The van der Waals surface area contributed by atoms with Crippen molar-refractivity contribution >= 4 is 29.1 Å². The summed E-state index contributed by atoms with van der Waals surface area (Å²) in [7, 11) is 0. The number of nitrogens with zero attached hydrogens (tertiary/aromatic N) is 3. The van der Waals surface area contributed by atoms with E-state index in [9.17, 15) is 14.4 Å². The lowest BCUT2D eigenvalue weighted by Crippen LogP contribution is -2.57. The minimum atomic E-state index is -0.212. The zero-order chi connectivity index (χ0) is 23.5. The zero-order valence-electron chi connectivity index (χ0n) is 20.3. The van der Waals surface area contributed by atoms with Gasteiger partial charge in [0.15, 0.2) is 0 Å². The van der Waals surface area contributed by atoms with E-state index < -0.39 is 0 Å². The van der Waals surface area contributed by atoms with Crippen LogP contribution in [0.3, 0.4) is 0 Å². The van der Waals surface area contributed by atoms with Crippen molar-refractivity contribution in [1.82, 2.24) is 10.2 Å². The minimum Gasteiger partial charge on any atom is -0.358 e. The van der Waals surface area contributed by atoms with Crippen molar-refractivity contribution in [3.8, 4) is 0 Å². The van der Waals surface area contributed by atoms with E-state index in [1.165, 1.54) is 19.3 Å². The number of hydrogen-bond donors (Lipinski definition) is 1. The second-order valence-electron chi connectivity index (χ2n) is 10.4. The Morgan fingerprint density at radius 3 is 2.26 bits per heavy atom. The second kappa shape index (κ2) is 10.4. The summed E-state index contributed by atoms with van der Waals surface area (Å²) in [5.41, 5.74) is 2.29. The molecule has 1 aromatic rings. The Labute approximate surface area is 202 Å². The number of fused-ring (bicyclic) bond motifs is 3. The van der Waals surface area contributed by atoms with Gasteiger partial charge in [-0.1, -0.05) is 25.7 Å². The fraction of sp³-hybridized carbons (Fsp3) is 0.667. The van der Waals surface area contributed by atoms with Crippen LogP contribution < -0.4 is 15.1 Å². The summed E-state index contributed by atoms with van der Waals surface area (Å²) >= 11 is 0. The molecule has 1 N–H and O–H groups in total. The summed E-state index contributed by atoms with van der Waals surface area (Å²) in [5, 5.41) is 3.20. The van der Waals surface area contributed by atoms with Crippen LogP contribution in [0.4, 0.5) is 11.4 Å². The van der Waals surface area contributed by atoms with Gasteiger partial charge in [0.25, 0.3) is 5.91 Å². The highest BCUT2D eigenvalue weighted by Crippen LogP contribution is 2.40. The van der Waals surface area contributed by atoms with E-state index in [4.69, 9.17) is 0 Å². The largest absolute Gasteiger partial charge is 0.358 e. The Hall–Kier alpha value is -2.57. The molecule has 2 saturated heterocycles. The third-order valence-electron chi connectivity index (χ3n) is 8.04. The van der Waals surface area contributed by atoms with E-state index >= 15 is 0 Å². The van der Waals surface area contributed by atoms with Gasteiger partial charge in [0.1, 0.15) is 12.6 Å². The van der Waals surface area contributed by atoms with Gasteiger partial charge in [0.05, 0.1) is 11.4 Å². The first-order chi connectivity index (χ1) is 16.6. The van der Waals surface area contributed by atoms with Crippen LogP contribution in [-0.2, 0) is 9.59 Å². The molecule has 3 aliphatic heterocycles. The molecule has 3 heterocycles. The maximum absolute atomic E-state index is 13.6. The molecule has 4 aliphatic rings. The summed E-state index contributed by atoms with van der Waals surface area (Å²) in [6, 6.07) is 5.74. The lowest BCUT2D eigenvalue weighted by Gasteiger charge is -2.45. The van der Waals surface area contributed by atoms with Crippen molar-refractivity contribution in [2.75, 3.05) is 36.0 Å². The van der Waals surface area contributed by atoms with Crippen molar-refractivity contribution in [1.29, 1.82) is 0 Å². The Balaban J connectivity index is 1.40. The molecule has 3 fully saturated rings. The molecule has 1 aliphatic carbocycles. The van der Waals surface area contributed by atoms with E-state index in [0.717, 1.165) is 83.1 Å². The molecule has 0 aromatic heterocycles. The van der Waals surface area contributed by atoms with E-state index in [1.54, 1.807) is 4.90 Å². The molecule has 5 rings (SSSR count). The van der Waals surface area contributed by atoms with E-state index in [1.807, 2.05) is 23.1 Å². The smallest absolute Gasteiger partial charge is 0.253 e. The normalized spacial score (nSPS) is 23.7. The number of carbonyl (C=O) groups excluding carboxylic acids is 3. The average Bonchev–Trinajstić information content (AvgIpc) is 3.15. The molecule has 7 nitrogen and oxygen atoms in total. The maximum atomic E-state index is 13.6. The average molecular weight is 467 g/mol. The third-order valence-corrected chi connectivity index (χ3v) is 8.04. The Morgan fingerprint density at radius 1 is 0.824 bits per heavy atom. The standard InChI is InChI=1S/C27H38N4O3/c32-25(28-21-10-4-1-2-5-11-21)19-31-24-18-20(26(33)29-15-7-3-8-16-29)13-14-22(24)30-17-9-6-12-23(30)27(31)34/h13-14,18,21,23H,1-12,15-17,19H2,(H,28,32)/t23-/m1/s1. The van der Waals surface area contributed by atoms with Crippen LogP contribution >= 0.6 is 0 Å². The van der Waals surface area contributed by atoms with Crippen LogP contribution in [-0.4, -0.2) is 60.9 Å². The summed E-state index contributed by atoms with van der Waals surface area (Å²) in [4.78, 5) is 45.6. The number of hydrogen-bond acceptors (Lipinski definition) is 4. The molecular formula is C27H38N4O3. The maximum Gasteiger partial charge on any atom is 0.253 e. The zero-order valence-corrected chi connectivity index (χ0v) is 20.3. The fourth-order valence-electron chi connectivity index (χ4n) is 6.17. The van der Waals surface area contributed by atoms with Crippen molar-refractivity contribution in [2.24, 2.45) is 0 Å². The highest BCUT2D eigenvalue weighted by atomic mass is 16.2. The molecule has 1 saturated carbocycles. The van der Waals surface area contributed by atoms with Crippen LogP contribution in [0.5, 0.6) is 0 Å². The summed E-state index contributed by atoms with van der Waals surface area (Å²) < 4.78 is 0.